The van der Waals surface area contributed by atoms with Crippen LogP contribution in [0.3, 0.4) is 0 Å². The number of aromatic nitrogens is 1. The molecule has 4 nitrogen and oxygen atoms in total. The molecule has 2 aliphatic rings. The number of aromatic amines is 1. The fourth-order valence-corrected chi connectivity index (χ4v) is 4.60. The molecule has 1 saturated carbocycles. The van der Waals surface area contributed by atoms with Crippen molar-refractivity contribution in [2.24, 2.45) is 5.92 Å². The van der Waals surface area contributed by atoms with Gasteiger partial charge in [0.15, 0.2) is 0 Å². The Labute approximate surface area is 149 Å². The SMILES string of the molecule is O=C(C[C@@H](c1c[nH]c2ccccc12)C1CCCCC1)N1CCOCC1. The van der Waals surface area contributed by atoms with Crippen LogP contribution in [0, 0.1) is 5.92 Å². The Bertz CT molecular complexity index is 712. The summed E-state index contributed by atoms with van der Waals surface area (Å²) >= 11 is 0. The van der Waals surface area contributed by atoms with E-state index >= 15 is 0 Å². The normalized spacial score (nSPS) is 20.7. The van der Waals surface area contributed by atoms with Crippen LogP contribution in [-0.4, -0.2) is 42.1 Å². The van der Waals surface area contributed by atoms with Crippen LogP contribution in [0.25, 0.3) is 10.9 Å². The van der Waals surface area contributed by atoms with Crippen molar-refractivity contribution >= 4 is 16.8 Å². The number of hydrogen-bond acceptors (Lipinski definition) is 2. The highest BCUT2D eigenvalue weighted by Gasteiger charge is 2.30. The monoisotopic (exact) mass is 340 g/mol. The van der Waals surface area contributed by atoms with Crippen molar-refractivity contribution in [3.63, 3.8) is 0 Å². The van der Waals surface area contributed by atoms with Gasteiger partial charge in [0.05, 0.1) is 13.2 Å². The molecule has 4 heteroatoms. The van der Waals surface area contributed by atoms with Crippen molar-refractivity contribution in [1.29, 1.82) is 0 Å². The standard InChI is InChI=1S/C21H28N2O2/c24-21(23-10-12-25-13-11-23)14-18(16-6-2-1-3-7-16)19-15-22-20-9-5-4-8-17(19)20/h4-5,8-9,15-16,18,22H,1-3,6-7,10-14H2/t18-/m1/s1. The maximum absolute atomic E-state index is 12.9. The molecule has 2 fully saturated rings. The Morgan fingerprint density at radius 1 is 1.16 bits per heavy atom. The minimum atomic E-state index is 0.296. The van der Waals surface area contributed by atoms with Crippen LogP contribution in [0.4, 0.5) is 0 Å². The molecule has 1 amide bonds. The Kier molecular flexibility index (Phi) is 5.07. The minimum Gasteiger partial charge on any atom is -0.378 e. The lowest BCUT2D eigenvalue weighted by Gasteiger charge is -2.33. The summed E-state index contributed by atoms with van der Waals surface area (Å²) in [6.07, 6.45) is 9.23. The van der Waals surface area contributed by atoms with E-state index in [0.717, 1.165) is 13.1 Å². The average Bonchev–Trinajstić information content (AvgIpc) is 3.11. The number of carbonyl (C=O) groups excluding carboxylic acids is 1. The Morgan fingerprint density at radius 2 is 1.92 bits per heavy atom. The zero-order valence-electron chi connectivity index (χ0n) is 14.9. The van der Waals surface area contributed by atoms with Gasteiger partial charge in [0.25, 0.3) is 0 Å². The predicted octanol–water partition coefficient (Wildman–Crippen LogP) is 4.08. The molecule has 1 aromatic carbocycles. The summed E-state index contributed by atoms with van der Waals surface area (Å²) < 4.78 is 5.40. The van der Waals surface area contributed by atoms with Crippen LogP contribution < -0.4 is 0 Å². The Balaban J connectivity index is 1.60. The molecule has 2 aromatic rings. The second-order valence-electron chi connectivity index (χ2n) is 7.49. The summed E-state index contributed by atoms with van der Waals surface area (Å²) in [5.74, 6) is 1.24. The molecule has 1 saturated heterocycles. The summed E-state index contributed by atoms with van der Waals surface area (Å²) in [5, 5.41) is 1.29. The molecule has 4 rings (SSSR count). The number of benzene rings is 1. The molecule has 25 heavy (non-hydrogen) atoms. The first-order valence-electron chi connectivity index (χ1n) is 9.74. The van der Waals surface area contributed by atoms with Crippen LogP contribution in [0.1, 0.15) is 50.0 Å². The van der Waals surface area contributed by atoms with Crippen molar-refractivity contribution in [3.8, 4) is 0 Å². The number of fused-ring (bicyclic) bond motifs is 1. The van der Waals surface area contributed by atoms with Gasteiger partial charge in [-0.2, -0.15) is 0 Å². The van der Waals surface area contributed by atoms with E-state index < -0.39 is 0 Å². The molecule has 1 aromatic heterocycles. The van der Waals surface area contributed by atoms with E-state index in [9.17, 15) is 4.79 Å². The fourth-order valence-electron chi connectivity index (χ4n) is 4.60. The van der Waals surface area contributed by atoms with Gasteiger partial charge >= 0.3 is 0 Å². The lowest BCUT2D eigenvalue weighted by atomic mass is 9.75. The first-order chi connectivity index (χ1) is 12.3. The molecule has 1 N–H and O–H groups in total. The Morgan fingerprint density at radius 3 is 2.72 bits per heavy atom. The molecule has 1 aliphatic heterocycles. The van der Waals surface area contributed by atoms with Gasteiger partial charge in [-0.3, -0.25) is 4.79 Å². The molecule has 1 aliphatic carbocycles. The second-order valence-corrected chi connectivity index (χ2v) is 7.49. The van der Waals surface area contributed by atoms with Gasteiger partial charge in [0.2, 0.25) is 5.91 Å². The van der Waals surface area contributed by atoms with Crippen LogP contribution in [0.5, 0.6) is 0 Å². The molecule has 0 radical (unpaired) electrons. The number of para-hydroxylation sites is 1. The zero-order valence-corrected chi connectivity index (χ0v) is 14.9. The molecular formula is C21H28N2O2. The quantitative estimate of drug-likeness (QED) is 0.911. The maximum atomic E-state index is 12.9. The van der Waals surface area contributed by atoms with E-state index in [0.29, 0.717) is 37.4 Å². The molecular weight excluding hydrogens is 312 g/mol. The molecule has 0 bridgehead atoms. The van der Waals surface area contributed by atoms with Crippen molar-refractivity contribution in [2.45, 2.75) is 44.4 Å². The van der Waals surface area contributed by atoms with Crippen molar-refractivity contribution in [2.75, 3.05) is 26.3 Å². The lowest BCUT2D eigenvalue weighted by molar-refractivity contribution is -0.136. The third kappa shape index (κ3) is 3.59. The molecule has 134 valence electrons. The van der Waals surface area contributed by atoms with Crippen molar-refractivity contribution in [3.05, 3.63) is 36.0 Å². The van der Waals surface area contributed by atoms with E-state index in [4.69, 9.17) is 4.74 Å². The molecule has 0 unspecified atom stereocenters. The van der Waals surface area contributed by atoms with Crippen LogP contribution in [-0.2, 0) is 9.53 Å². The topological polar surface area (TPSA) is 45.3 Å². The first-order valence-corrected chi connectivity index (χ1v) is 9.74. The highest BCUT2D eigenvalue weighted by Crippen LogP contribution is 2.41. The number of morpholine rings is 1. The maximum Gasteiger partial charge on any atom is 0.223 e. The van der Waals surface area contributed by atoms with Gasteiger partial charge < -0.3 is 14.6 Å². The summed E-state index contributed by atoms with van der Waals surface area (Å²) in [7, 11) is 0. The molecule has 1 atom stereocenters. The van der Waals surface area contributed by atoms with Gasteiger partial charge in [-0.05, 0) is 36.3 Å². The summed E-state index contributed by atoms with van der Waals surface area (Å²) in [5.41, 5.74) is 2.52. The third-order valence-electron chi connectivity index (χ3n) is 6.00. The van der Waals surface area contributed by atoms with Crippen molar-refractivity contribution < 1.29 is 9.53 Å². The summed E-state index contributed by atoms with van der Waals surface area (Å²) in [6, 6.07) is 8.48. The van der Waals surface area contributed by atoms with Crippen LogP contribution in [0.2, 0.25) is 0 Å². The van der Waals surface area contributed by atoms with E-state index in [1.165, 1.54) is 48.6 Å². The number of H-pyrrole nitrogens is 1. The number of carbonyl (C=O) groups is 1. The van der Waals surface area contributed by atoms with Crippen LogP contribution >= 0.6 is 0 Å². The summed E-state index contributed by atoms with van der Waals surface area (Å²) in [6.45, 7) is 2.83. The first kappa shape index (κ1) is 16.6. The van der Waals surface area contributed by atoms with Gasteiger partial charge in [-0.15, -0.1) is 0 Å². The zero-order chi connectivity index (χ0) is 17.1. The molecule has 0 spiro atoms. The largest absolute Gasteiger partial charge is 0.378 e. The van der Waals surface area contributed by atoms with Gasteiger partial charge in [0.1, 0.15) is 0 Å². The number of nitrogens with zero attached hydrogens (tertiary/aromatic N) is 1. The number of hydrogen-bond donors (Lipinski definition) is 1. The highest BCUT2D eigenvalue weighted by molar-refractivity contribution is 5.85. The van der Waals surface area contributed by atoms with E-state index in [-0.39, 0.29) is 0 Å². The van der Waals surface area contributed by atoms with E-state index in [1.54, 1.807) is 0 Å². The summed E-state index contributed by atoms with van der Waals surface area (Å²) in [4.78, 5) is 18.4. The van der Waals surface area contributed by atoms with Crippen molar-refractivity contribution in [1.82, 2.24) is 9.88 Å². The average molecular weight is 340 g/mol. The number of amides is 1. The Hall–Kier alpha value is -1.81. The van der Waals surface area contributed by atoms with E-state index in [1.807, 2.05) is 4.90 Å². The molecule has 2 heterocycles. The third-order valence-corrected chi connectivity index (χ3v) is 6.00. The smallest absolute Gasteiger partial charge is 0.223 e. The predicted molar refractivity (Wildman–Crippen MR) is 99.6 cm³/mol. The number of rotatable bonds is 4. The fraction of sp³-hybridized carbons (Fsp3) is 0.571. The number of ether oxygens (including phenoxy) is 1. The van der Waals surface area contributed by atoms with Gasteiger partial charge in [-0.25, -0.2) is 0 Å². The van der Waals surface area contributed by atoms with Gasteiger partial charge in [-0.1, -0.05) is 37.5 Å². The van der Waals surface area contributed by atoms with Gasteiger partial charge in [0, 0.05) is 36.6 Å². The minimum absolute atomic E-state index is 0.296. The second kappa shape index (κ2) is 7.61. The van der Waals surface area contributed by atoms with Crippen LogP contribution in [0.15, 0.2) is 30.5 Å². The van der Waals surface area contributed by atoms with E-state index in [2.05, 4.69) is 35.4 Å². The lowest BCUT2D eigenvalue weighted by Crippen LogP contribution is -2.41. The number of nitrogens with one attached hydrogen (secondary N) is 1. The highest BCUT2D eigenvalue weighted by atomic mass is 16.5.